The zero-order valence-electron chi connectivity index (χ0n) is 15.6. The van der Waals surface area contributed by atoms with Gasteiger partial charge in [-0.05, 0) is 38.1 Å². The number of thiazole rings is 1. The summed E-state index contributed by atoms with van der Waals surface area (Å²) in [6.45, 7) is 4.10. The first kappa shape index (κ1) is 19.5. The molecule has 0 unspecified atom stereocenters. The highest BCUT2D eigenvalue weighted by atomic mass is 32.1. The molecule has 2 N–H and O–H groups in total. The molecule has 0 atom stereocenters. The molecular formula is C20H20N4O3S. The number of carbonyl (C=O) groups excluding carboxylic acids is 2. The Morgan fingerprint density at radius 1 is 1.07 bits per heavy atom. The van der Waals surface area contributed by atoms with Gasteiger partial charge in [0.25, 0.3) is 5.91 Å². The molecule has 0 spiro atoms. The average Bonchev–Trinajstić information content (AvgIpc) is 2.94. The number of benzene rings is 1. The molecule has 2 amide bonds. The predicted octanol–water partition coefficient (Wildman–Crippen LogP) is 3.20. The van der Waals surface area contributed by atoms with Crippen LogP contribution >= 0.6 is 11.3 Å². The molecule has 8 heteroatoms. The summed E-state index contributed by atoms with van der Waals surface area (Å²) < 4.78 is 1.61. The van der Waals surface area contributed by atoms with Crippen molar-refractivity contribution in [3.8, 4) is 0 Å². The van der Waals surface area contributed by atoms with Crippen LogP contribution in [0.4, 0.5) is 11.5 Å². The van der Waals surface area contributed by atoms with Crippen LogP contribution in [-0.4, -0.2) is 21.4 Å². The van der Waals surface area contributed by atoms with Gasteiger partial charge in [0, 0.05) is 29.1 Å². The highest BCUT2D eigenvalue weighted by Crippen LogP contribution is 2.13. The maximum absolute atomic E-state index is 12.1. The van der Waals surface area contributed by atoms with E-state index in [1.165, 1.54) is 17.5 Å². The predicted molar refractivity (Wildman–Crippen MR) is 110 cm³/mol. The van der Waals surface area contributed by atoms with E-state index in [0.717, 1.165) is 10.6 Å². The van der Waals surface area contributed by atoms with Crippen LogP contribution < -0.4 is 15.5 Å². The maximum Gasteiger partial charge on any atom is 0.307 e. The van der Waals surface area contributed by atoms with Crippen LogP contribution in [0.1, 0.15) is 27.3 Å². The first-order valence-electron chi connectivity index (χ1n) is 8.73. The molecule has 0 aliphatic rings. The second kappa shape index (κ2) is 8.62. The zero-order chi connectivity index (χ0) is 20.1. The summed E-state index contributed by atoms with van der Waals surface area (Å²) >= 11 is 1.19. The van der Waals surface area contributed by atoms with Crippen LogP contribution in [0.2, 0.25) is 0 Å². The van der Waals surface area contributed by atoms with Crippen LogP contribution in [0.5, 0.6) is 0 Å². The van der Waals surface area contributed by atoms with Gasteiger partial charge in [0.1, 0.15) is 5.82 Å². The van der Waals surface area contributed by atoms with E-state index in [9.17, 15) is 14.4 Å². The number of pyridine rings is 1. The SMILES string of the molecule is Cc1sc(=O)n(CCC(=O)Nc2ccc(NC(=O)c3ccccc3)nc2)c1C. The largest absolute Gasteiger partial charge is 0.325 e. The summed E-state index contributed by atoms with van der Waals surface area (Å²) in [4.78, 5) is 41.2. The van der Waals surface area contributed by atoms with Gasteiger partial charge < -0.3 is 15.2 Å². The minimum Gasteiger partial charge on any atom is -0.325 e. The summed E-state index contributed by atoms with van der Waals surface area (Å²) in [5.41, 5.74) is 1.95. The molecule has 3 aromatic rings. The molecule has 2 heterocycles. The third-order valence-corrected chi connectivity index (χ3v) is 5.26. The number of rotatable bonds is 6. The summed E-state index contributed by atoms with van der Waals surface area (Å²) in [6.07, 6.45) is 1.66. The normalized spacial score (nSPS) is 10.5. The molecule has 2 aromatic heterocycles. The van der Waals surface area contributed by atoms with E-state index in [4.69, 9.17) is 0 Å². The Kier molecular flexibility index (Phi) is 6.00. The number of nitrogens with zero attached hydrogens (tertiary/aromatic N) is 2. The van der Waals surface area contributed by atoms with Crippen molar-refractivity contribution in [2.75, 3.05) is 10.6 Å². The van der Waals surface area contributed by atoms with Crippen molar-refractivity contribution >= 4 is 34.7 Å². The number of aromatic nitrogens is 2. The molecular weight excluding hydrogens is 376 g/mol. The van der Waals surface area contributed by atoms with Gasteiger partial charge in [-0.2, -0.15) is 0 Å². The molecule has 0 saturated heterocycles. The van der Waals surface area contributed by atoms with Crippen LogP contribution in [0, 0.1) is 13.8 Å². The molecule has 0 saturated carbocycles. The number of hydrogen-bond donors (Lipinski definition) is 2. The Labute approximate surface area is 166 Å². The van der Waals surface area contributed by atoms with Crippen LogP contribution in [0.25, 0.3) is 0 Å². The number of nitrogens with one attached hydrogen (secondary N) is 2. The van der Waals surface area contributed by atoms with Crippen molar-refractivity contribution in [1.29, 1.82) is 0 Å². The fraction of sp³-hybridized carbons (Fsp3) is 0.200. The minimum atomic E-state index is -0.253. The summed E-state index contributed by atoms with van der Waals surface area (Å²) in [7, 11) is 0. The molecule has 3 rings (SSSR count). The lowest BCUT2D eigenvalue weighted by Gasteiger charge is -2.08. The molecule has 0 bridgehead atoms. The maximum atomic E-state index is 12.1. The lowest BCUT2D eigenvalue weighted by atomic mass is 10.2. The lowest BCUT2D eigenvalue weighted by Crippen LogP contribution is -2.20. The van der Waals surface area contributed by atoms with Crippen molar-refractivity contribution < 1.29 is 9.59 Å². The molecule has 28 heavy (non-hydrogen) atoms. The minimum absolute atomic E-state index is 0.0528. The quantitative estimate of drug-likeness (QED) is 0.669. The molecule has 0 aliphatic carbocycles. The third kappa shape index (κ3) is 4.72. The lowest BCUT2D eigenvalue weighted by molar-refractivity contribution is -0.116. The summed E-state index contributed by atoms with van der Waals surface area (Å²) in [6, 6.07) is 12.1. The van der Waals surface area contributed by atoms with Gasteiger partial charge >= 0.3 is 4.87 Å². The van der Waals surface area contributed by atoms with Crippen molar-refractivity contribution in [3.05, 3.63) is 74.5 Å². The van der Waals surface area contributed by atoms with Gasteiger partial charge in [-0.25, -0.2) is 4.98 Å². The third-order valence-electron chi connectivity index (χ3n) is 4.26. The first-order chi connectivity index (χ1) is 13.4. The van der Waals surface area contributed by atoms with Gasteiger partial charge in [0.05, 0.1) is 11.9 Å². The van der Waals surface area contributed by atoms with E-state index in [1.807, 2.05) is 19.9 Å². The molecule has 7 nitrogen and oxygen atoms in total. The van der Waals surface area contributed by atoms with Crippen molar-refractivity contribution in [1.82, 2.24) is 9.55 Å². The van der Waals surface area contributed by atoms with Crippen LogP contribution in [0.3, 0.4) is 0 Å². The number of hydrogen-bond acceptors (Lipinski definition) is 5. The van der Waals surface area contributed by atoms with E-state index in [1.54, 1.807) is 41.0 Å². The monoisotopic (exact) mass is 396 g/mol. The zero-order valence-corrected chi connectivity index (χ0v) is 16.4. The Morgan fingerprint density at radius 2 is 1.82 bits per heavy atom. The van der Waals surface area contributed by atoms with Gasteiger partial charge in [0.15, 0.2) is 0 Å². The second-order valence-corrected chi connectivity index (χ2v) is 7.38. The molecule has 0 fully saturated rings. The number of carbonyl (C=O) groups is 2. The Balaban J connectivity index is 1.54. The van der Waals surface area contributed by atoms with Crippen LogP contribution in [0.15, 0.2) is 53.5 Å². The number of amides is 2. The topological polar surface area (TPSA) is 93.1 Å². The highest BCUT2D eigenvalue weighted by Gasteiger charge is 2.10. The first-order valence-corrected chi connectivity index (χ1v) is 9.55. The van der Waals surface area contributed by atoms with E-state index in [0.29, 0.717) is 23.6 Å². The molecule has 144 valence electrons. The Hall–Kier alpha value is -3.26. The molecule has 0 radical (unpaired) electrons. The van der Waals surface area contributed by atoms with E-state index < -0.39 is 0 Å². The smallest absolute Gasteiger partial charge is 0.307 e. The van der Waals surface area contributed by atoms with Crippen molar-refractivity contribution in [2.45, 2.75) is 26.8 Å². The van der Waals surface area contributed by atoms with Gasteiger partial charge in [-0.3, -0.25) is 14.4 Å². The molecule has 1 aromatic carbocycles. The highest BCUT2D eigenvalue weighted by molar-refractivity contribution is 7.09. The van der Waals surface area contributed by atoms with E-state index >= 15 is 0 Å². The van der Waals surface area contributed by atoms with Crippen LogP contribution in [-0.2, 0) is 11.3 Å². The second-order valence-electron chi connectivity index (χ2n) is 6.21. The number of aryl methyl sites for hydroxylation is 1. The Bertz CT molecular complexity index is 1040. The average molecular weight is 396 g/mol. The fourth-order valence-electron chi connectivity index (χ4n) is 2.60. The van der Waals surface area contributed by atoms with Gasteiger partial charge in [0.2, 0.25) is 5.91 Å². The summed E-state index contributed by atoms with van der Waals surface area (Å²) in [5.74, 6) is -0.0717. The number of anilines is 2. The van der Waals surface area contributed by atoms with Gasteiger partial charge in [-0.15, -0.1) is 0 Å². The standard InChI is InChI=1S/C20H20N4O3S/c1-13-14(2)28-20(27)24(13)11-10-18(25)22-16-8-9-17(21-12-16)23-19(26)15-6-4-3-5-7-15/h3-9,12H,10-11H2,1-2H3,(H,22,25)(H,21,23,26). The molecule has 0 aliphatic heterocycles. The van der Waals surface area contributed by atoms with E-state index in [-0.39, 0.29) is 23.1 Å². The van der Waals surface area contributed by atoms with E-state index in [2.05, 4.69) is 15.6 Å². The van der Waals surface area contributed by atoms with Crippen molar-refractivity contribution in [2.24, 2.45) is 0 Å². The fourth-order valence-corrected chi connectivity index (χ4v) is 3.46. The Morgan fingerprint density at radius 3 is 2.43 bits per heavy atom. The van der Waals surface area contributed by atoms with Gasteiger partial charge in [-0.1, -0.05) is 29.5 Å². The van der Waals surface area contributed by atoms with Crippen molar-refractivity contribution in [3.63, 3.8) is 0 Å². The summed E-state index contributed by atoms with van der Waals surface area (Å²) in [5, 5.41) is 5.44.